The highest BCUT2D eigenvalue weighted by Gasteiger charge is 2.25. The number of esters is 1. The molecule has 0 amide bonds. The first kappa shape index (κ1) is 20.6. The van der Waals surface area contributed by atoms with Crippen LogP contribution >= 0.6 is 0 Å². The maximum absolute atomic E-state index is 12.8. The number of fused-ring (bicyclic) bond motifs is 1. The van der Waals surface area contributed by atoms with Crippen LogP contribution in [0.5, 0.6) is 0 Å². The monoisotopic (exact) mass is 427 g/mol. The Labute approximate surface area is 176 Å². The van der Waals surface area contributed by atoms with Crippen LogP contribution in [0, 0.1) is 6.92 Å². The topological polar surface area (TPSA) is 81.0 Å². The second-order valence-corrected chi connectivity index (χ2v) is 9.56. The Kier molecular flexibility index (Phi) is 5.87. The van der Waals surface area contributed by atoms with E-state index in [4.69, 9.17) is 4.74 Å². The van der Waals surface area contributed by atoms with Crippen LogP contribution in [0.3, 0.4) is 0 Å². The Morgan fingerprint density at radius 2 is 1.70 bits per heavy atom. The van der Waals surface area contributed by atoms with Crippen molar-refractivity contribution in [2.75, 3.05) is 13.1 Å². The highest BCUT2D eigenvalue weighted by Crippen LogP contribution is 2.21. The number of rotatable bonds is 5. The van der Waals surface area contributed by atoms with E-state index in [-0.39, 0.29) is 11.5 Å². The number of hydrogen-bond donors (Lipinski definition) is 0. The minimum absolute atomic E-state index is 0.0490. The van der Waals surface area contributed by atoms with Gasteiger partial charge in [-0.25, -0.2) is 18.2 Å². The Hall–Kier alpha value is -2.71. The predicted molar refractivity (Wildman–Crippen MR) is 113 cm³/mol. The number of nitrogens with zero attached hydrogens (tertiary/aromatic N) is 3. The number of sulfonamides is 1. The number of carbonyl (C=O) groups excluding carboxylic acids is 1. The summed E-state index contributed by atoms with van der Waals surface area (Å²) >= 11 is 0. The van der Waals surface area contributed by atoms with Gasteiger partial charge in [-0.3, -0.25) is 0 Å². The lowest BCUT2D eigenvalue weighted by Gasteiger charge is -2.19. The second kappa shape index (κ2) is 8.57. The molecule has 0 atom stereocenters. The van der Waals surface area contributed by atoms with E-state index in [2.05, 4.69) is 4.98 Å². The summed E-state index contributed by atoms with van der Waals surface area (Å²) in [5.41, 5.74) is 2.85. The molecule has 0 bridgehead atoms. The fourth-order valence-corrected chi connectivity index (χ4v) is 5.16. The first-order chi connectivity index (χ1) is 14.4. The van der Waals surface area contributed by atoms with E-state index >= 15 is 0 Å². The molecule has 8 heteroatoms. The molecule has 7 nitrogen and oxygen atoms in total. The SMILES string of the molecule is Cc1ccc2nc(COC(=O)c3ccc(S(=O)(=O)N4CCCCCC4)cc3)cn2c1. The molecule has 30 heavy (non-hydrogen) atoms. The summed E-state index contributed by atoms with van der Waals surface area (Å²) in [6, 6.07) is 9.83. The summed E-state index contributed by atoms with van der Waals surface area (Å²) in [6.45, 7) is 3.14. The first-order valence-electron chi connectivity index (χ1n) is 10.1. The normalized spacial score (nSPS) is 15.8. The van der Waals surface area contributed by atoms with Crippen molar-refractivity contribution < 1.29 is 17.9 Å². The van der Waals surface area contributed by atoms with E-state index < -0.39 is 16.0 Å². The molecule has 1 fully saturated rings. The van der Waals surface area contributed by atoms with Crippen molar-refractivity contribution in [1.82, 2.24) is 13.7 Å². The van der Waals surface area contributed by atoms with E-state index in [9.17, 15) is 13.2 Å². The summed E-state index contributed by atoms with van der Waals surface area (Å²) < 4.78 is 34.5. The number of aryl methyl sites for hydroxylation is 1. The number of imidazole rings is 1. The van der Waals surface area contributed by atoms with Crippen LogP contribution in [0.4, 0.5) is 0 Å². The molecule has 1 aromatic carbocycles. The molecule has 0 spiro atoms. The van der Waals surface area contributed by atoms with Crippen LogP contribution in [0.1, 0.15) is 47.3 Å². The molecule has 3 heterocycles. The number of carbonyl (C=O) groups is 1. The standard InChI is InChI=1S/C22H25N3O4S/c1-17-6-11-21-23-19(15-24(21)14-17)16-29-22(26)18-7-9-20(10-8-18)30(27,28)25-12-4-2-3-5-13-25/h6-11,14-15H,2-5,12-13,16H2,1H3. The second-order valence-electron chi connectivity index (χ2n) is 7.62. The molecule has 2 aromatic heterocycles. The zero-order chi connectivity index (χ0) is 21.1. The number of hydrogen-bond acceptors (Lipinski definition) is 5. The fourth-order valence-electron chi connectivity index (χ4n) is 3.64. The van der Waals surface area contributed by atoms with Gasteiger partial charge in [0.1, 0.15) is 12.3 Å². The van der Waals surface area contributed by atoms with Gasteiger partial charge in [0, 0.05) is 25.5 Å². The van der Waals surface area contributed by atoms with Gasteiger partial charge in [-0.05, 0) is 55.7 Å². The van der Waals surface area contributed by atoms with Gasteiger partial charge in [0.2, 0.25) is 10.0 Å². The zero-order valence-corrected chi connectivity index (χ0v) is 17.8. The van der Waals surface area contributed by atoms with Crippen molar-refractivity contribution in [1.29, 1.82) is 0 Å². The third-order valence-electron chi connectivity index (χ3n) is 5.29. The molecule has 1 saturated heterocycles. The summed E-state index contributed by atoms with van der Waals surface area (Å²) in [4.78, 5) is 17.0. The lowest BCUT2D eigenvalue weighted by Crippen LogP contribution is -2.31. The Morgan fingerprint density at radius 1 is 1.00 bits per heavy atom. The Bertz CT molecular complexity index is 1140. The molecule has 0 unspecified atom stereocenters. The van der Waals surface area contributed by atoms with Crippen LogP contribution in [-0.4, -0.2) is 41.2 Å². The molecule has 0 radical (unpaired) electrons. The van der Waals surface area contributed by atoms with Gasteiger partial charge >= 0.3 is 5.97 Å². The number of benzene rings is 1. The minimum Gasteiger partial charge on any atom is -0.456 e. The van der Waals surface area contributed by atoms with Crippen LogP contribution < -0.4 is 0 Å². The quantitative estimate of drug-likeness (QED) is 0.582. The van der Waals surface area contributed by atoms with Crippen LogP contribution in [0.25, 0.3) is 5.65 Å². The molecule has 4 rings (SSSR count). The first-order valence-corrected chi connectivity index (χ1v) is 11.6. The molecule has 1 aliphatic rings. The largest absolute Gasteiger partial charge is 0.456 e. The summed E-state index contributed by atoms with van der Waals surface area (Å²) in [5.74, 6) is -0.512. The Morgan fingerprint density at radius 3 is 2.40 bits per heavy atom. The van der Waals surface area contributed by atoms with Crippen molar-refractivity contribution in [3.63, 3.8) is 0 Å². The van der Waals surface area contributed by atoms with Gasteiger partial charge in [-0.1, -0.05) is 18.9 Å². The number of aromatic nitrogens is 2. The molecular formula is C22H25N3O4S. The Balaban J connectivity index is 1.42. The minimum atomic E-state index is -3.53. The number of pyridine rings is 1. The lowest BCUT2D eigenvalue weighted by molar-refractivity contribution is 0.0468. The molecule has 158 valence electrons. The van der Waals surface area contributed by atoms with Crippen molar-refractivity contribution in [3.05, 3.63) is 65.6 Å². The van der Waals surface area contributed by atoms with Gasteiger partial charge in [0.25, 0.3) is 0 Å². The van der Waals surface area contributed by atoms with Gasteiger partial charge in [0.05, 0.1) is 16.2 Å². The number of ether oxygens (including phenoxy) is 1. The molecular weight excluding hydrogens is 402 g/mol. The third-order valence-corrected chi connectivity index (χ3v) is 7.21. The maximum Gasteiger partial charge on any atom is 0.338 e. The van der Waals surface area contributed by atoms with Crippen molar-refractivity contribution >= 4 is 21.6 Å². The van der Waals surface area contributed by atoms with Gasteiger partial charge in [-0.2, -0.15) is 4.31 Å². The van der Waals surface area contributed by atoms with E-state index in [1.165, 1.54) is 24.3 Å². The lowest BCUT2D eigenvalue weighted by atomic mass is 10.2. The van der Waals surface area contributed by atoms with Crippen molar-refractivity contribution in [3.8, 4) is 0 Å². The highest BCUT2D eigenvalue weighted by molar-refractivity contribution is 7.89. The molecule has 0 saturated carbocycles. The average molecular weight is 428 g/mol. The zero-order valence-electron chi connectivity index (χ0n) is 17.0. The summed E-state index contributed by atoms with van der Waals surface area (Å²) in [5, 5.41) is 0. The van der Waals surface area contributed by atoms with E-state index in [1.807, 2.05) is 35.9 Å². The average Bonchev–Trinajstić information content (AvgIpc) is 2.94. The third kappa shape index (κ3) is 4.39. The predicted octanol–water partition coefficient (Wildman–Crippen LogP) is 3.56. The smallest absolute Gasteiger partial charge is 0.338 e. The van der Waals surface area contributed by atoms with Crippen LogP contribution in [0.2, 0.25) is 0 Å². The molecule has 1 aliphatic heterocycles. The molecule has 3 aromatic rings. The highest BCUT2D eigenvalue weighted by atomic mass is 32.2. The van der Waals surface area contributed by atoms with Gasteiger partial charge in [0.15, 0.2) is 0 Å². The molecule has 0 N–H and O–H groups in total. The van der Waals surface area contributed by atoms with Gasteiger partial charge in [-0.15, -0.1) is 0 Å². The van der Waals surface area contributed by atoms with Crippen LogP contribution in [-0.2, 0) is 21.4 Å². The summed E-state index contributed by atoms with van der Waals surface area (Å²) in [6.07, 6.45) is 7.66. The van der Waals surface area contributed by atoms with Crippen molar-refractivity contribution in [2.45, 2.75) is 44.1 Å². The van der Waals surface area contributed by atoms with Crippen molar-refractivity contribution in [2.24, 2.45) is 0 Å². The van der Waals surface area contributed by atoms with Gasteiger partial charge < -0.3 is 9.14 Å². The summed E-state index contributed by atoms with van der Waals surface area (Å²) in [7, 11) is -3.53. The van der Waals surface area contributed by atoms with E-state index in [0.717, 1.165) is 36.9 Å². The molecule has 0 aliphatic carbocycles. The van der Waals surface area contributed by atoms with E-state index in [0.29, 0.717) is 24.3 Å². The van der Waals surface area contributed by atoms with Crippen LogP contribution in [0.15, 0.2) is 53.7 Å². The van der Waals surface area contributed by atoms with E-state index in [1.54, 1.807) is 4.31 Å². The fraction of sp³-hybridized carbons (Fsp3) is 0.364. The maximum atomic E-state index is 12.8.